The summed E-state index contributed by atoms with van der Waals surface area (Å²) in [4.78, 5) is 11.8. The van der Waals surface area contributed by atoms with Crippen LogP contribution >= 0.6 is 0 Å². The second-order valence-corrected chi connectivity index (χ2v) is 5.42. The summed E-state index contributed by atoms with van der Waals surface area (Å²) in [5.74, 6) is 0.801. The van der Waals surface area contributed by atoms with E-state index in [1.54, 1.807) is 13.4 Å². The Labute approximate surface area is 136 Å². The number of hydrogen-bond acceptors (Lipinski definition) is 5. The summed E-state index contributed by atoms with van der Waals surface area (Å²) >= 11 is 0. The molecule has 0 aliphatic heterocycles. The summed E-state index contributed by atoms with van der Waals surface area (Å²) in [7, 11) is 1.64. The predicted octanol–water partition coefficient (Wildman–Crippen LogP) is 1.68. The highest BCUT2D eigenvalue weighted by Crippen LogP contribution is 2.26. The lowest BCUT2D eigenvalue weighted by Gasteiger charge is -2.43. The SMILES string of the molecule is CCO[C@@H]1C[C@H](NC(=O)NCCCOCc2ccco2)[C@H]1OC. The van der Waals surface area contributed by atoms with Gasteiger partial charge in [0.1, 0.15) is 18.5 Å². The second-order valence-electron chi connectivity index (χ2n) is 5.42. The third kappa shape index (κ3) is 5.53. The topological polar surface area (TPSA) is 82.0 Å². The van der Waals surface area contributed by atoms with Crippen molar-refractivity contribution in [3.8, 4) is 0 Å². The minimum atomic E-state index is -0.182. The molecule has 0 bridgehead atoms. The summed E-state index contributed by atoms with van der Waals surface area (Å²) in [6, 6.07) is 3.52. The Hall–Kier alpha value is -1.57. The minimum absolute atomic E-state index is 0.00625. The molecule has 1 saturated carbocycles. The van der Waals surface area contributed by atoms with Crippen molar-refractivity contribution in [2.24, 2.45) is 0 Å². The van der Waals surface area contributed by atoms with E-state index in [1.807, 2.05) is 19.1 Å². The highest BCUT2D eigenvalue weighted by Gasteiger charge is 2.42. The molecular weight excluding hydrogens is 300 g/mol. The van der Waals surface area contributed by atoms with Gasteiger partial charge in [-0.1, -0.05) is 0 Å². The van der Waals surface area contributed by atoms with E-state index in [9.17, 15) is 4.79 Å². The van der Waals surface area contributed by atoms with Crippen molar-refractivity contribution < 1.29 is 23.4 Å². The Balaban J connectivity index is 1.50. The van der Waals surface area contributed by atoms with Gasteiger partial charge in [-0.15, -0.1) is 0 Å². The summed E-state index contributed by atoms with van der Waals surface area (Å²) in [6.45, 7) is 4.19. The quantitative estimate of drug-likeness (QED) is 0.639. The molecule has 2 amide bonds. The smallest absolute Gasteiger partial charge is 0.315 e. The summed E-state index contributed by atoms with van der Waals surface area (Å²) in [6.07, 6.45) is 3.15. The Morgan fingerprint density at radius 2 is 2.35 bits per heavy atom. The largest absolute Gasteiger partial charge is 0.467 e. The van der Waals surface area contributed by atoms with Gasteiger partial charge in [-0.25, -0.2) is 4.79 Å². The van der Waals surface area contributed by atoms with E-state index in [-0.39, 0.29) is 24.3 Å². The van der Waals surface area contributed by atoms with Crippen LogP contribution in [0.1, 0.15) is 25.5 Å². The number of carbonyl (C=O) groups excluding carboxylic acids is 1. The Morgan fingerprint density at radius 3 is 3.04 bits per heavy atom. The Kier molecular flexibility index (Phi) is 7.38. The Bertz CT molecular complexity index is 451. The van der Waals surface area contributed by atoms with Gasteiger partial charge < -0.3 is 29.3 Å². The molecule has 1 aliphatic rings. The van der Waals surface area contributed by atoms with Gasteiger partial charge in [-0.2, -0.15) is 0 Å². The lowest BCUT2D eigenvalue weighted by molar-refractivity contribution is -0.128. The number of methoxy groups -OCH3 is 1. The molecule has 0 spiro atoms. The molecule has 7 heteroatoms. The van der Waals surface area contributed by atoms with Crippen LogP contribution in [0.3, 0.4) is 0 Å². The highest BCUT2D eigenvalue weighted by molar-refractivity contribution is 5.74. The zero-order valence-electron chi connectivity index (χ0n) is 13.7. The molecule has 0 unspecified atom stereocenters. The average molecular weight is 326 g/mol. The fourth-order valence-corrected chi connectivity index (χ4v) is 2.58. The van der Waals surface area contributed by atoms with E-state index in [0.717, 1.165) is 18.6 Å². The van der Waals surface area contributed by atoms with Gasteiger partial charge >= 0.3 is 6.03 Å². The van der Waals surface area contributed by atoms with Crippen LogP contribution in [0.4, 0.5) is 4.79 Å². The molecule has 0 saturated heterocycles. The predicted molar refractivity (Wildman–Crippen MR) is 84.1 cm³/mol. The lowest BCUT2D eigenvalue weighted by atomic mass is 9.85. The van der Waals surface area contributed by atoms with Gasteiger partial charge in [0.05, 0.1) is 18.4 Å². The zero-order valence-corrected chi connectivity index (χ0v) is 13.7. The first-order valence-electron chi connectivity index (χ1n) is 8.03. The van der Waals surface area contributed by atoms with Crippen LogP contribution in [0.15, 0.2) is 22.8 Å². The van der Waals surface area contributed by atoms with Crippen LogP contribution in [0.25, 0.3) is 0 Å². The number of carbonyl (C=O) groups is 1. The first-order valence-corrected chi connectivity index (χ1v) is 8.03. The molecular formula is C16H26N2O5. The fraction of sp³-hybridized carbons (Fsp3) is 0.688. The summed E-state index contributed by atoms with van der Waals surface area (Å²) in [5.41, 5.74) is 0. The van der Waals surface area contributed by atoms with Crippen molar-refractivity contribution >= 4 is 6.03 Å². The molecule has 1 aliphatic carbocycles. The standard InChI is InChI=1S/C16H26N2O5/c1-3-22-14-10-13(15(14)20-2)18-16(19)17-7-5-8-21-11-12-6-4-9-23-12/h4,6,9,13-15H,3,5,7-8,10-11H2,1-2H3,(H2,17,18,19)/t13-,14+,15+/m0/s1. The molecule has 0 aromatic carbocycles. The van der Waals surface area contributed by atoms with Crippen molar-refractivity contribution in [3.63, 3.8) is 0 Å². The van der Waals surface area contributed by atoms with Crippen molar-refractivity contribution in [1.82, 2.24) is 10.6 Å². The normalized spacial score (nSPS) is 23.3. The van der Waals surface area contributed by atoms with Crippen LogP contribution in [0.5, 0.6) is 0 Å². The van der Waals surface area contributed by atoms with Crippen molar-refractivity contribution in [2.75, 3.05) is 26.9 Å². The van der Waals surface area contributed by atoms with Gasteiger partial charge in [0.25, 0.3) is 0 Å². The van der Waals surface area contributed by atoms with E-state index in [4.69, 9.17) is 18.6 Å². The molecule has 1 aromatic heterocycles. The average Bonchev–Trinajstić information content (AvgIpc) is 3.03. The van der Waals surface area contributed by atoms with Gasteiger partial charge in [-0.05, 0) is 31.9 Å². The van der Waals surface area contributed by atoms with E-state index in [2.05, 4.69) is 10.6 Å². The van der Waals surface area contributed by atoms with E-state index < -0.39 is 0 Å². The monoisotopic (exact) mass is 326 g/mol. The van der Waals surface area contributed by atoms with Gasteiger partial charge in [0.15, 0.2) is 0 Å². The third-order valence-corrected chi connectivity index (χ3v) is 3.79. The number of furan rings is 1. The van der Waals surface area contributed by atoms with Crippen molar-refractivity contribution in [3.05, 3.63) is 24.2 Å². The van der Waals surface area contributed by atoms with Crippen LogP contribution < -0.4 is 10.6 Å². The maximum Gasteiger partial charge on any atom is 0.315 e. The molecule has 1 fully saturated rings. The molecule has 0 radical (unpaired) electrons. The van der Waals surface area contributed by atoms with Gasteiger partial charge in [-0.3, -0.25) is 0 Å². The first-order chi connectivity index (χ1) is 11.2. The Morgan fingerprint density at radius 1 is 1.48 bits per heavy atom. The fourth-order valence-electron chi connectivity index (χ4n) is 2.58. The third-order valence-electron chi connectivity index (χ3n) is 3.79. The molecule has 130 valence electrons. The number of urea groups is 1. The van der Waals surface area contributed by atoms with Crippen molar-refractivity contribution in [1.29, 1.82) is 0 Å². The molecule has 23 heavy (non-hydrogen) atoms. The van der Waals surface area contributed by atoms with E-state index >= 15 is 0 Å². The van der Waals surface area contributed by atoms with Gasteiger partial charge in [0.2, 0.25) is 0 Å². The van der Waals surface area contributed by atoms with E-state index in [1.165, 1.54) is 0 Å². The number of amides is 2. The van der Waals surface area contributed by atoms with E-state index in [0.29, 0.717) is 26.4 Å². The first kappa shape index (κ1) is 17.8. The zero-order chi connectivity index (χ0) is 16.5. The van der Waals surface area contributed by atoms with Crippen LogP contribution in [0.2, 0.25) is 0 Å². The number of ether oxygens (including phenoxy) is 3. The maximum absolute atomic E-state index is 11.8. The number of nitrogens with one attached hydrogen (secondary N) is 2. The summed E-state index contributed by atoms with van der Waals surface area (Å²) < 4.78 is 21.5. The highest BCUT2D eigenvalue weighted by atomic mass is 16.5. The number of rotatable bonds is 10. The van der Waals surface area contributed by atoms with Crippen LogP contribution in [-0.4, -0.2) is 51.1 Å². The minimum Gasteiger partial charge on any atom is -0.467 e. The van der Waals surface area contributed by atoms with Crippen LogP contribution in [-0.2, 0) is 20.8 Å². The molecule has 1 heterocycles. The maximum atomic E-state index is 11.8. The van der Waals surface area contributed by atoms with Crippen molar-refractivity contribution in [2.45, 2.75) is 44.6 Å². The molecule has 2 rings (SSSR count). The molecule has 1 aromatic rings. The molecule has 7 nitrogen and oxygen atoms in total. The van der Waals surface area contributed by atoms with Crippen LogP contribution in [0, 0.1) is 0 Å². The number of hydrogen-bond donors (Lipinski definition) is 2. The molecule has 3 atom stereocenters. The second kappa shape index (κ2) is 9.54. The summed E-state index contributed by atoms with van der Waals surface area (Å²) in [5, 5.41) is 5.73. The molecule has 2 N–H and O–H groups in total. The van der Waals surface area contributed by atoms with Gasteiger partial charge in [0, 0.05) is 26.9 Å². The lowest BCUT2D eigenvalue weighted by Crippen LogP contribution is -2.62.